The Balaban J connectivity index is 2.13. The Morgan fingerprint density at radius 3 is 2.67 bits per heavy atom. The molecule has 2 heteroatoms. The zero-order valence-electron chi connectivity index (χ0n) is 12.0. The van der Waals surface area contributed by atoms with Crippen LogP contribution in [0.1, 0.15) is 57.4 Å². The van der Waals surface area contributed by atoms with Crippen molar-refractivity contribution < 1.29 is 0 Å². The van der Waals surface area contributed by atoms with Crippen LogP contribution in [-0.2, 0) is 6.42 Å². The van der Waals surface area contributed by atoms with Gasteiger partial charge in [0.25, 0.3) is 0 Å². The van der Waals surface area contributed by atoms with Gasteiger partial charge in [0.1, 0.15) is 0 Å². The van der Waals surface area contributed by atoms with Gasteiger partial charge >= 0.3 is 0 Å². The summed E-state index contributed by atoms with van der Waals surface area (Å²) < 4.78 is 0. The van der Waals surface area contributed by atoms with Gasteiger partial charge in [-0.2, -0.15) is 0 Å². The van der Waals surface area contributed by atoms with Gasteiger partial charge in [-0.1, -0.05) is 45.1 Å². The number of nitrogens with zero attached hydrogens (tertiary/aromatic N) is 1. The molecule has 0 aliphatic carbocycles. The Morgan fingerprint density at radius 2 is 2.00 bits per heavy atom. The first-order valence-corrected chi connectivity index (χ1v) is 7.43. The molecule has 18 heavy (non-hydrogen) atoms. The molecule has 0 aliphatic rings. The molecule has 1 rings (SSSR count). The summed E-state index contributed by atoms with van der Waals surface area (Å²) in [6, 6.07) is 4.85. The van der Waals surface area contributed by atoms with Crippen molar-refractivity contribution in [3.8, 4) is 0 Å². The van der Waals surface area contributed by atoms with Crippen LogP contribution in [0.4, 0.5) is 0 Å². The normalized spacial score (nSPS) is 12.6. The molecule has 1 heterocycles. The van der Waals surface area contributed by atoms with Gasteiger partial charge < -0.3 is 5.32 Å². The van der Waals surface area contributed by atoms with Gasteiger partial charge in [-0.05, 0) is 37.9 Å². The maximum atomic E-state index is 4.16. The molecule has 0 saturated carbocycles. The summed E-state index contributed by atoms with van der Waals surface area (Å²) in [5.41, 5.74) is 1.35. The number of rotatable bonds is 10. The molecule has 0 saturated heterocycles. The molecule has 102 valence electrons. The molecule has 1 aromatic rings. The third kappa shape index (κ3) is 6.75. The third-order valence-corrected chi connectivity index (χ3v) is 3.57. The van der Waals surface area contributed by atoms with Gasteiger partial charge in [0.15, 0.2) is 0 Å². The Bertz CT molecular complexity index is 284. The molecule has 0 aliphatic heterocycles. The minimum Gasteiger partial charge on any atom is -0.317 e. The van der Waals surface area contributed by atoms with E-state index >= 15 is 0 Å². The highest BCUT2D eigenvalue weighted by atomic mass is 14.9. The predicted molar refractivity (Wildman–Crippen MR) is 78.8 cm³/mol. The van der Waals surface area contributed by atoms with E-state index in [-0.39, 0.29) is 0 Å². The van der Waals surface area contributed by atoms with Crippen LogP contribution >= 0.6 is 0 Å². The molecule has 2 nitrogen and oxygen atoms in total. The van der Waals surface area contributed by atoms with Crippen LogP contribution in [0.15, 0.2) is 24.5 Å². The minimum absolute atomic E-state index is 0.659. The first-order chi connectivity index (χ1) is 8.86. The maximum absolute atomic E-state index is 4.16. The lowest BCUT2D eigenvalue weighted by atomic mass is 10.0. The molecule has 1 unspecified atom stereocenters. The topological polar surface area (TPSA) is 24.9 Å². The molecule has 1 N–H and O–H groups in total. The average Bonchev–Trinajstić information content (AvgIpc) is 2.43. The minimum atomic E-state index is 0.659. The number of aromatic nitrogens is 1. The fraction of sp³-hybridized carbons (Fsp3) is 0.688. The molecule has 0 radical (unpaired) electrons. The molecule has 0 fully saturated rings. The summed E-state index contributed by atoms with van der Waals surface area (Å²) >= 11 is 0. The Kier molecular flexibility index (Phi) is 8.49. The first kappa shape index (κ1) is 15.2. The number of hydrogen-bond donors (Lipinski definition) is 1. The Labute approximate surface area is 112 Å². The highest BCUT2D eigenvalue weighted by Crippen LogP contribution is 2.11. The predicted octanol–water partition coefficient (Wildman–Crippen LogP) is 3.96. The van der Waals surface area contributed by atoms with Crippen molar-refractivity contribution in [1.29, 1.82) is 0 Å². The van der Waals surface area contributed by atoms with E-state index < -0.39 is 0 Å². The first-order valence-electron chi connectivity index (χ1n) is 7.43. The van der Waals surface area contributed by atoms with Crippen molar-refractivity contribution in [2.45, 2.75) is 64.3 Å². The summed E-state index contributed by atoms with van der Waals surface area (Å²) in [6.45, 7) is 2.27. The Morgan fingerprint density at radius 1 is 1.17 bits per heavy atom. The number of hydrogen-bond acceptors (Lipinski definition) is 2. The van der Waals surface area contributed by atoms with Gasteiger partial charge in [-0.3, -0.25) is 4.98 Å². The van der Waals surface area contributed by atoms with Crippen LogP contribution in [0.3, 0.4) is 0 Å². The molecule has 0 amide bonds. The largest absolute Gasteiger partial charge is 0.317 e. The monoisotopic (exact) mass is 248 g/mol. The highest BCUT2D eigenvalue weighted by Gasteiger charge is 2.06. The lowest BCUT2D eigenvalue weighted by Gasteiger charge is -2.15. The van der Waals surface area contributed by atoms with Crippen molar-refractivity contribution in [3.63, 3.8) is 0 Å². The second-order valence-corrected chi connectivity index (χ2v) is 5.09. The fourth-order valence-corrected chi connectivity index (χ4v) is 2.31. The van der Waals surface area contributed by atoms with E-state index in [4.69, 9.17) is 0 Å². The van der Waals surface area contributed by atoms with Crippen LogP contribution in [0.5, 0.6) is 0 Å². The van der Waals surface area contributed by atoms with Gasteiger partial charge in [0, 0.05) is 18.4 Å². The molecular formula is C16H28N2. The second kappa shape index (κ2) is 10.1. The van der Waals surface area contributed by atoms with E-state index in [9.17, 15) is 0 Å². The third-order valence-electron chi connectivity index (χ3n) is 3.57. The SMILES string of the molecule is CCCCCCCC(CCc1cccnc1)NC. The van der Waals surface area contributed by atoms with Crippen molar-refractivity contribution in [2.24, 2.45) is 0 Å². The summed E-state index contributed by atoms with van der Waals surface area (Å²) in [7, 11) is 2.08. The van der Waals surface area contributed by atoms with Crippen molar-refractivity contribution in [1.82, 2.24) is 10.3 Å². The standard InChI is InChI=1S/C16H28N2/c1-3-4-5-6-7-10-16(17-2)12-11-15-9-8-13-18-14-15/h8-9,13-14,16-17H,3-7,10-12H2,1-2H3. The lowest BCUT2D eigenvalue weighted by Crippen LogP contribution is -2.25. The van der Waals surface area contributed by atoms with Crippen LogP contribution < -0.4 is 5.32 Å². The van der Waals surface area contributed by atoms with Crippen molar-refractivity contribution >= 4 is 0 Å². The van der Waals surface area contributed by atoms with Crippen LogP contribution in [0, 0.1) is 0 Å². The van der Waals surface area contributed by atoms with Gasteiger partial charge in [0.05, 0.1) is 0 Å². The lowest BCUT2D eigenvalue weighted by molar-refractivity contribution is 0.459. The summed E-state index contributed by atoms with van der Waals surface area (Å²) in [5, 5.41) is 3.44. The van der Waals surface area contributed by atoms with E-state index in [1.807, 2.05) is 18.5 Å². The van der Waals surface area contributed by atoms with E-state index in [1.165, 1.54) is 50.5 Å². The Hall–Kier alpha value is -0.890. The van der Waals surface area contributed by atoms with Crippen LogP contribution in [-0.4, -0.2) is 18.1 Å². The van der Waals surface area contributed by atoms with Gasteiger partial charge in [-0.15, -0.1) is 0 Å². The quantitative estimate of drug-likeness (QED) is 0.634. The maximum Gasteiger partial charge on any atom is 0.0299 e. The number of pyridine rings is 1. The zero-order chi connectivity index (χ0) is 13.1. The zero-order valence-corrected chi connectivity index (χ0v) is 12.0. The highest BCUT2D eigenvalue weighted by molar-refractivity contribution is 5.08. The number of aryl methyl sites for hydroxylation is 1. The van der Waals surface area contributed by atoms with E-state index in [2.05, 4.69) is 30.3 Å². The second-order valence-electron chi connectivity index (χ2n) is 5.09. The molecule has 0 aromatic carbocycles. The smallest absolute Gasteiger partial charge is 0.0299 e. The van der Waals surface area contributed by atoms with Crippen molar-refractivity contribution in [3.05, 3.63) is 30.1 Å². The van der Waals surface area contributed by atoms with E-state index in [0.717, 1.165) is 6.42 Å². The number of unbranched alkanes of at least 4 members (excludes halogenated alkanes) is 4. The van der Waals surface area contributed by atoms with E-state index in [1.54, 1.807) is 0 Å². The molecular weight excluding hydrogens is 220 g/mol. The number of nitrogens with one attached hydrogen (secondary N) is 1. The van der Waals surface area contributed by atoms with Crippen LogP contribution in [0.25, 0.3) is 0 Å². The van der Waals surface area contributed by atoms with Gasteiger partial charge in [-0.25, -0.2) is 0 Å². The molecule has 0 bridgehead atoms. The molecule has 1 aromatic heterocycles. The fourth-order valence-electron chi connectivity index (χ4n) is 2.31. The average molecular weight is 248 g/mol. The summed E-state index contributed by atoms with van der Waals surface area (Å²) in [6.07, 6.45) is 14.3. The summed E-state index contributed by atoms with van der Waals surface area (Å²) in [5.74, 6) is 0. The molecule has 1 atom stereocenters. The van der Waals surface area contributed by atoms with Crippen LogP contribution in [0.2, 0.25) is 0 Å². The molecule has 0 spiro atoms. The van der Waals surface area contributed by atoms with E-state index in [0.29, 0.717) is 6.04 Å². The van der Waals surface area contributed by atoms with Gasteiger partial charge in [0.2, 0.25) is 0 Å². The summed E-state index contributed by atoms with van der Waals surface area (Å²) in [4.78, 5) is 4.16. The van der Waals surface area contributed by atoms with Crippen molar-refractivity contribution in [2.75, 3.05) is 7.05 Å².